The number of fused-ring (bicyclic) bond motifs is 7. The Labute approximate surface area is 316 Å². The molecule has 0 aliphatic heterocycles. The molecular weight excluding hydrogens is 701 g/mol. The van der Waals surface area contributed by atoms with Crippen LogP contribution in [0.5, 0.6) is 0 Å². The molecule has 0 aliphatic carbocycles. The van der Waals surface area contributed by atoms with Gasteiger partial charge in [-0.2, -0.15) is 0 Å². The van der Waals surface area contributed by atoms with Crippen molar-refractivity contribution in [3.8, 4) is 43.8 Å². The quantitative estimate of drug-likeness (QED) is 0.169. The van der Waals surface area contributed by atoms with E-state index in [1.54, 1.807) is 22.7 Å². The molecule has 0 saturated carbocycles. The van der Waals surface area contributed by atoms with Crippen LogP contribution < -0.4 is 0 Å². The predicted molar refractivity (Wildman–Crippen MR) is 227 cm³/mol. The fourth-order valence-electron chi connectivity index (χ4n) is 8.18. The van der Waals surface area contributed by atoms with Crippen molar-refractivity contribution in [1.82, 2.24) is 9.97 Å². The van der Waals surface area contributed by atoms with Gasteiger partial charge in [0, 0.05) is 41.1 Å². The average molecular weight is 727 g/mol. The number of oxazole rings is 2. The van der Waals surface area contributed by atoms with Gasteiger partial charge in [-0.15, -0.1) is 22.7 Å². The Kier molecular flexibility index (Phi) is 6.34. The van der Waals surface area contributed by atoms with E-state index in [-0.39, 0.29) is 0 Å². The number of rotatable bonds is 4. The molecule has 0 N–H and O–H groups in total. The largest absolute Gasteiger partial charge is 0.436 e. The molecule has 8 aromatic carbocycles. The van der Waals surface area contributed by atoms with E-state index in [0.717, 1.165) is 53.9 Å². The molecular formula is C48H26N2O2S2. The lowest BCUT2D eigenvalue weighted by Crippen LogP contribution is -1.92. The summed E-state index contributed by atoms with van der Waals surface area (Å²) in [6.07, 6.45) is 0. The molecule has 0 atom stereocenters. The number of nitrogens with zero attached hydrogens (tertiary/aromatic N) is 2. The fourth-order valence-corrected chi connectivity index (χ4v) is 10.7. The van der Waals surface area contributed by atoms with E-state index in [2.05, 4.69) is 109 Å². The van der Waals surface area contributed by atoms with Gasteiger partial charge < -0.3 is 8.83 Å². The monoisotopic (exact) mass is 726 g/mol. The second-order valence-corrected chi connectivity index (χ2v) is 15.7. The van der Waals surface area contributed by atoms with Gasteiger partial charge in [0.05, 0.1) is 11.1 Å². The minimum atomic E-state index is 0.633. The Morgan fingerprint density at radius 1 is 0.352 bits per heavy atom. The fraction of sp³-hybridized carbons (Fsp3) is 0. The lowest BCUT2D eigenvalue weighted by Gasteiger charge is -2.18. The van der Waals surface area contributed by atoms with E-state index < -0.39 is 0 Å². The van der Waals surface area contributed by atoms with Gasteiger partial charge in [-0.3, -0.25) is 0 Å². The first-order valence-electron chi connectivity index (χ1n) is 17.9. The zero-order valence-electron chi connectivity index (χ0n) is 28.5. The highest BCUT2D eigenvalue weighted by Gasteiger charge is 2.28. The van der Waals surface area contributed by atoms with Crippen molar-refractivity contribution in [3.63, 3.8) is 0 Å². The molecule has 0 saturated heterocycles. The van der Waals surface area contributed by atoms with Gasteiger partial charge in [0.2, 0.25) is 11.8 Å². The summed E-state index contributed by atoms with van der Waals surface area (Å²) in [6, 6.07) is 55.5. The number of aromatic nitrogens is 2. The van der Waals surface area contributed by atoms with E-state index >= 15 is 0 Å². The normalized spacial score (nSPS) is 12.1. The van der Waals surface area contributed by atoms with E-state index in [4.69, 9.17) is 18.8 Å². The van der Waals surface area contributed by atoms with Gasteiger partial charge in [-0.1, -0.05) is 109 Å². The molecule has 4 aromatic heterocycles. The molecule has 0 aliphatic rings. The van der Waals surface area contributed by atoms with Crippen molar-refractivity contribution >= 4 is 97.4 Å². The summed E-state index contributed by atoms with van der Waals surface area (Å²) in [4.78, 5) is 12.4. The van der Waals surface area contributed by atoms with Gasteiger partial charge in [-0.25, -0.2) is 9.97 Å². The number of hydrogen-bond donors (Lipinski definition) is 0. The van der Waals surface area contributed by atoms with Crippen LogP contribution in [0, 0.1) is 0 Å². The zero-order valence-corrected chi connectivity index (χ0v) is 30.2. The Balaban J connectivity index is 1.26. The highest BCUT2D eigenvalue weighted by Crippen LogP contribution is 2.55. The number of benzene rings is 8. The predicted octanol–water partition coefficient (Wildman–Crippen LogP) is 14.5. The van der Waals surface area contributed by atoms with Gasteiger partial charge >= 0.3 is 0 Å². The number of hydrogen-bond acceptors (Lipinski definition) is 6. The standard InChI is InChI=1S/C48H26N2O2S2/c1-2-14-28-26-34-33(25-27(28)13-1)41(45-43(31-17-5-11-23-39(31)53-45)47-49-35-19-7-9-21-37(35)51-47)29-15-3-4-16-30(29)42(34)46-44(32-18-6-12-24-40(32)54-46)48-50-36-20-8-10-22-38(36)52-48/h1-26H. The van der Waals surface area contributed by atoms with Gasteiger partial charge in [0.1, 0.15) is 11.0 Å². The third-order valence-electron chi connectivity index (χ3n) is 10.6. The van der Waals surface area contributed by atoms with Crippen LogP contribution >= 0.6 is 22.7 Å². The summed E-state index contributed by atoms with van der Waals surface area (Å²) in [7, 11) is 0. The van der Waals surface area contributed by atoms with Crippen LogP contribution in [0.15, 0.2) is 167 Å². The number of thiophene rings is 2. The Morgan fingerprint density at radius 2 is 0.741 bits per heavy atom. The van der Waals surface area contributed by atoms with Crippen LogP contribution in [-0.2, 0) is 0 Å². The van der Waals surface area contributed by atoms with Crippen LogP contribution in [0.4, 0.5) is 0 Å². The maximum absolute atomic E-state index is 6.57. The van der Waals surface area contributed by atoms with Crippen molar-refractivity contribution in [1.29, 1.82) is 0 Å². The van der Waals surface area contributed by atoms with Crippen molar-refractivity contribution in [2.24, 2.45) is 0 Å². The molecule has 0 unspecified atom stereocenters. The third kappa shape index (κ3) is 4.35. The smallest absolute Gasteiger partial charge is 0.229 e. The van der Waals surface area contributed by atoms with E-state index in [1.165, 1.54) is 52.8 Å². The molecule has 0 amide bonds. The summed E-state index contributed by atoms with van der Waals surface area (Å²) in [5.41, 5.74) is 7.66. The van der Waals surface area contributed by atoms with Crippen LogP contribution in [0.25, 0.3) is 118 Å². The lowest BCUT2D eigenvalue weighted by atomic mass is 9.87. The summed E-state index contributed by atoms with van der Waals surface area (Å²) < 4.78 is 15.5. The zero-order chi connectivity index (χ0) is 35.3. The van der Waals surface area contributed by atoms with Crippen LogP contribution in [0.2, 0.25) is 0 Å². The van der Waals surface area contributed by atoms with Crippen LogP contribution in [0.1, 0.15) is 0 Å². The molecule has 12 rings (SSSR count). The highest BCUT2D eigenvalue weighted by atomic mass is 32.1. The van der Waals surface area contributed by atoms with E-state index in [1.807, 2.05) is 48.5 Å². The molecule has 252 valence electrons. The van der Waals surface area contributed by atoms with Crippen LogP contribution in [-0.4, -0.2) is 9.97 Å². The average Bonchev–Trinajstić information content (AvgIpc) is 4.01. The summed E-state index contributed by atoms with van der Waals surface area (Å²) in [5.74, 6) is 1.27. The first kappa shape index (κ1) is 29.9. The molecule has 4 heterocycles. The van der Waals surface area contributed by atoms with Crippen molar-refractivity contribution in [2.45, 2.75) is 0 Å². The Morgan fingerprint density at radius 3 is 1.20 bits per heavy atom. The van der Waals surface area contributed by atoms with Crippen molar-refractivity contribution in [2.75, 3.05) is 0 Å². The number of para-hydroxylation sites is 4. The lowest BCUT2D eigenvalue weighted by molar-refractivity contribution is 0.620. The van der Waals surface area contributed by atoms with Crippen molar-refractivity contribution < 1.29 is 8.83 Å². The molecule has 0 spiro atoms. The topological polar surface area (TPSA) is 52.1 Å². The molecule has 0 radical (unpaired) electrons. The van der Waals surface area contributed by atoms with Crippen molar-refractivity contribution in [3.05, 3.63) is 158 Å². The molecule has 0 bridgehead atoms. The highest BCUT2D eigenvalue weighted by molar-refractivity contribution is 7.23. The summed E-state index contributed by atoms with van der Waals surface area (Å²) in [5, 5.41) is 9.32. The summed E-state index contributed by atoms with van der Waals surface area (Å²) in [6.45, 7) is 0. The second kappa shape index (κ2) is 11.4. The Hall–Kier alpha value is -6.60. The molecule has 6 heteroatoms. The Bertz CT molecular complexity index is 3180. The first-order chi connectivity index (χ1) is 26.8. The van der Waals surface area contributed by atoms with Gasteiger partial charge in [-0.05, 0) is 80.8 Å². The van der Waals surface area contributed by atoms with E-state index in [9.17, 15) is 0 Å². The minimum Gasteiger partial charge on any atom is -0.436 e. The molecule has 12 aromatic rings. The molecule has 0 fully saturated rings. The molecule has 54 heavy (non-hydrogen) atoms. The minimum absolute atomic E-state index is 0.633. The first-order valence-corrected chi connectivity index (χ1v) is 19.5. The van der Waals surface area contributed by atoms with Gasteiger partial charge in [0.25, 0.3) is 0 Å². The van der Waals surface area contributed by atoms with Crippen LogP contribution in [0.3, 0.4) is 0 Å². The maximum Gasteiger partial charge on any atom is 0.229 e. The SMILES string of the molecule is c1ccc2cc3c(-c4sc5ccccc5c4-c4nc5ccccc5o4)c4ccccc4c(-c4sc5ccccc5c4-c4nc5ccccc5o4)c3cc2c1. The molecule has 4 nitrogen and oxygen atoms in total. The third-order valence-corrected chi connectivity index (χ3v) is 12.9. The van der Waals surface area contributed by atoms with Gasteiger partial charge in [0.15, 0.2) is 11.2 Å². The van der Waals surface area contributed by atoms with E-state index in [0.29, 0.717) is 11.8 Å². The second-order valence-electron chi connectivity index (χ2n) is 13.6. The maximum atomic E-state index is 6.57. The summed E-state index contributed by atoms with van der Waals surface area (Å²) >= 11 is 3.60.